The van der Waals surface area contributed by atoms with Crippen LogP contribution in [0.15, 0.2) is 60.2 Å². The first-order valence-corrected chi connectivity index (χ1v) is 11.3. The second kappa shape index (κ2) is 8.01. The molecule has 0 amide bonds. The second-order valence-electron chi connectivity index (χ2n) is 7.18. The highest BCUT2D eigenvalue weighted by Gasteiger charge is 2.48. The van der Waals surface area contributed by atoms with Gasteiger partial charge >= 0.3 is 5.97 Å². The normalized spacial score (nSPS) is 18.3. The number of methoxy groups -OCH3 is 2. The van der Waals surface area contributed by atoms with Gasteiger partial charge in [-0.3, -0.25) is 0 Å². The summed E-state index contributed by atoms with van der Waals surface area (Å²) in [7, 11) is 3.17. The topological polar surface area (TPSA) is 90.8 Å². The smallest absolute Gasteiger partial charge is 0.342 e. The molecule has 5 rings (SSSR count). The number of carbonyl (C=O) groups is 1. The molecule has 2 aromatic heterocycles. The number of cyclic esters (lactones) is 1. The first-order chi connectivity index (χ1) is 15.5. The second-order valence-corrected chi connectivity index (χ2v) is 8.84. The highest BCUT2D eigenvalue weighted by molar-refractivity contribution is 7.13. The molecule has 2 aromatic carbocycles. The van der Waals surface area contributed by atoms with E-state index in [4.69, 9.17) is 14.2 Å². The molecule has 0 bridgehead atoms. The number of benzene rings is 2. The Hall–Kier alpha value is -3.27. The molecule has 0 saturated carbocycles. The van der Waals surface area contributed by atoms with Gasteiger partial charge in [0.2, 0.25) is 0 Å². The number of ether oxygens (including phenoxy) is 3. The van der Waals surface area contributed by atoms with Crippen molar-refractivity contribution in [1.82, 2.24) is 8.75 Å². The van der Waals surface area contributed by atoms with E-state index in [9.17, 15) is 9.90 Å². The third-order valence-corrected chi connectivity index (χ3v) is 6.97. The Morgan fingerprint density at radius 3 is 2.50 bits per heavy atom. The average Bonchev–Trinajstić information content (AvgIpc) is 3.52. The molecule has 1 aliphatic rings. The van der Waals surface area contributed by atoms with Crippen LogP contribution in [0.5, 0.6) is 10.8 Å². The van der Waals surface area contributed by atoms with Crippen molar-refractivity contribution in [3.63, 3.8) is 0 Å². The van der Waals surface area contributed by atoms with Gasteiger partial charge in [0.15, 0.2) is 5.06 Å². The molecule has 3 heterocycles. The number of fused-ring (bicyclic) bond motifs is 1. The quantitative estimate of drug-likeness (QED) is 0.427. The summed E-state index contributed by atoms with van der Waals surface area (Å²) in [5.41, 5.74) is 3.28. The molecule has 1 N–H and O–H groups in total. The number of aliphatic hydroxyl groups is 1. The lowest BCUT2D eigenvalue weighted by molar-refractivity contribution is -0.185. The third-order valence-electron chi connectivity index (χ3n) is 5.37. The monoisotopic (exact) mass is 466 g/mol. The van der Waals surface area contributed by atoms with Gasteiger partial charge in [-0.15, -0.1) is 11.3 Å². The van der Waals surface area contributed by atoms with E-state index in [0.29, 0.717) is 40.0 Å². The lowest BCUT2D eigenvalue weighted by Crippen LogP contribution is -2.29. The molecule has 32 heavy (non-hydrogen) atoms. The van der Waals surface area contributed by atoms with Crippen molar-refractivity contribution in [3.05, 3.63) is 76.2 Å². The summed E-state index contributed by atoms with van der Waals surface area (Å²) in [4.78, 5) is 14.0. The van der Waals surface area contributed by atoms with E-state index in [1.54, 1.807) is 50.6 Å². The van der Waals surface area contributed by atoms with Crippen LogP contribution in [0.2, 0.25) is 0 Å². The number of nitrogens with zero attached hydrogens (tertiary/aromatic N) is 2. The summed E-state index contributed by atoms with van der Waals surface area (Å²) < 4.78 is 24.7. The van der Waals surface area contributed by atoms with Crippen molar-refractivity contribution in [2.24, 2.45) is 0 Å². The molecular formula is C23H18N2O5S2. The van der Waals surface area contributed by atoms with Gasteiger partial charge in [-0.2, -0.15) is 8.75 Å². The zero-order valence-corrected chi connectivity index (χ0v) is 18.8. The van der Waals surface area contributed by atoms with Crippen LogP contribution in [0.4, 0.5) is 0 Å². The van der Waals surface area contributed by atoms with Crippen molar-refractivity contribution < 1.29 is 24.1 Å². The van der Waals surface area contributed by atoms with Crippen molar-refractivity contribution in [3.8, 4) is 10.8 Å². The Bertz CT molecular complexity index is 1340. The molecule has 0 spiro atoms. The molecule has 1 atom stereocenters. The minimum Gasteiger partial charge on any atom is -0.497 e. The minimum absolute atomic E-state index is 0.310. The number of rotatable bonds is 6. The lowest BCUT2D eigenvalue weighted by Gasteiger charge is -2.25. The maximum absolute atomic E-state index is 13.1. The molecule has 1 unspecified atom stereocenters. The molecule has 1 aliphatic heterocycles. The van der Waals surface area contributed by atoms with Gasteiger partial charge in [0.25, 0.3) is 5.79 Å². The summed E-state index contributed by atoms with van der Waals surface area (Å²) in [6, 6.07) is 16.0. The highest BCUT2D eigenvalue weighted by Crippen LogP contribution is 2.46. The fraction of sp³-hybridized carbons (Fsp3) is 0.174. The van der Waals surface area contributed by atoms with Gasteiger partial charge in [0.1, 0.15) is 16.8 Å². The number of hydrogen-bond acceptors (Lipinski definition) is 9. The summed E-state index contributed by atoms with van der Waals surface area (Å²) in [6.07, 6.45) is 0.310. The van der Waals surface area contributed by atoms with E-state index in [1.165, 1.54) is 11.3 Å². The van der Waals surface area contributed by atoms with Crippen LogP contribution < -0.4 is 9.47 Å². The van der Waals surface area contributed by atoms with E-state index in [2.05, 4.69) is 8.75 Å². The third kappa shape index (κ3) is 3.44. The molecular weight excluding hydrogens is 448 g/mol. The van der Waals surface area contributed by atoms with Gasteiger partial charge in [-0.25, -0.2) is 4.79 Å². The fourth-order valence-electron chi connectivity index (χ4n) is 3.76. The van der Waals surface area contributed by atoms with E-state index in [1.807, 2.05) is 18.2 Å². The van der Waals surface area contributed by atoms with E-state index < -0.39 is 11.8 Å². The molecule has 0 radical (unpaired) electrons. The van der Waals surface area contributed by atoms with Crippen molar-refractivity contribution >= 4 is 45.6 Å². The summed E-state index contributed by atoms with van der Waals surface area (Å²) in [5.74, 6) is -1.87. The molecule has 162 valence electrons. The zero-order valence-electron chi connectivity index (χ0n) is 17.2. The van der Waals surface area contributed by atoms with Gasteiger partial charge in [-0.05, 0) is 54.1 Å². The van der Waals surface area contributed by atoms with Crippen LogP contribution in [0, 0.1) is 0 Å². The molecule has 7 nitrogen and oxygen atoms in total. The van der Waals surface area contributed by atoms with Crippen LogP contribution in [0.1, 0.15) is 16.0 Å². The number of carbonyl (C=O) groups excluding carboxylic acids is 1. The molecule has 9 heteroatoms. The van der Waals surface area contributed by atoms with Crippen molar-refractivity contribution in [1.29, 1.82) is 0 Å². The number of thiophene rings is 1. The van der Waals surface area contributed by atoms with Crippen LogP contribution in [0.25, 0.3) is 16.6 Å². The maximum atomic E-state index is 13.1. The Morgan fingerprint density at radius 1 is 1.00 bits per heavy atom. The number of hydrogen-bond donors (Lipinski definition) is 1. The molecule has 0 fully saturated rings. The first kappa shape index (κ1) is 20.6. The highest BCUT2D eigenvalue weighted by atomic mass is 32.1. The average molecular weight is 467 g/mol. The van der Waals surface area contributed by atoms with Crippen molar-refractivity contribution in [2.45, 2.75) is 12.2 Å². The predicted octanol–water partition coefficient (Wildman–Crippen LogP) is 4.17. The van der Waals surface area contributed by atoms with E-state index in [0.717, 1.165) is 27.2 Å². The van der Waals surface area contributed by atoms with Gasteiger partial charge < -0.3 is 19.3 Å². The van der Waals surface area contributed by atoms with E-state index in [-0.39, 0.29) is 0 Å². The Morgan fingerprint density at radius 2 is 1.78 bits per heavy atom. The van der Waals surface area contributed by atoms with Crippen LogP contribution >= 0.6 is 23.1 Å². The van der Waals surface area contributed by atoms with Gasteiger partial charge in [0, 0.05) is 22.4 Å². The predicted molar refractivity (Wildman–Crippen MR) is 122 cm³/mol. The van der Waals surface area contributed by atoms with Crippen LogP contribution in [-0.4, -0.2) is 34.0 Å². The standard InChI is InChI=1S/C23H18N2O5S2/c1-28-15-6-4-14(5-7-15)23(27)17(12-16-8-10-20(29-2)31-16)21(22(26)30-23)13-3-9-18-19(11-13)25-32-24-18/h3-11,27H,12H2,1-2H3. The SMILES string of the molecule is COc1ccc(C2(O)OC(=O)C(c3ccc4nsnc4c3)=C2Cc2ccc(OC)s2)cc1. The molecule has 0 saturated heterocycles. The summed E-state index contributed by atoms with van der Waals surface area (Å²) >= 11 is 2.56. The molecule has 0 aliphatic carbocycles. The van der Waals surface area contributed by atoms with Crippen molar-refractivity contribution in [2.75, 3.05) is 14.2 Å². The fourth-order valence-corrected chi connectivity index (χ4v) is 5.11. The molecule has 4 aromatic rings. The minimum atomic E-state index is -1.91. The summed E-state index contributed by atoms with van der Waals surface area (Å²) in [5, 5.41) is 12.4. The Labute approximate surface area is 191 Å². The van der Waals surface area contributed by atoms with Gasteiger partial charge in [0.05, 0.1) is 31.5 Å². The summed E-state index contributed by atoms with van der Waals surface area (Å²) in [6.45, 7) is 0. The number of aromatic nitrogens is 2. The lowest BCUT2D eigenvalue weighted by atomic mass is 9.89. The first-order valence-electron chi connectivity index (χ1n) is 9.71. The maximum Gasteiger partial charge on any atom is 0.342 e. The Kier molecular flexibility index (Phi) is 5.16. The largest absolute Gasteiger partial charge is 0.497 e. The van der Waals surface area contributed by atoms with E-state index >= 15 is 0 Å². The van der Waals surface area contributed by atoms with Crippen LogP contribution in [-0.2, 0) is 21.7 Å². The van der Waals surface area contributed by atoms with Gasteiger partial charge in [-0.1, -0.05) is 6.07 Å². The zero-order chi connectivity index (χ0) is 22.3. The number of esters is 1. The Balaban J connectivity index is 1.67. The van der Waals surface area contributed by atoms with Crippen LogP contribution in [0.3, 0.4) is 0 Å².